The van der Waals surface area contributed by atoms with Gasteiger partial charge in [-0.25, -0.2) is 4.79 Å². The highest BCUT2D eigenvalue weighted by Gasteiger charge is 2.37. The van der Waals surface area contributed by atoms with Crippen LogP contribution >= 0.6 is 0 Å². The Labute approximate surface area is 467 Å². The highest BCUT2D eigenvalue weighted by atomic mass is 16.9. The lowest BCUT2D eigenvalue weighted by atomic mass is 9.90. The topological polar surface area (TPSA) is 251 Å². The third kappa shape index (κ3) is 42.9. The summed E-state index contributed by atoms with van der Waals surface area (Å²) in [6.45, 7) is 32.9. The van der Waals surface area contributed by atoms with E-state index in [-0.39, 0.29) is 88.4 Å². The van der Waals surface area contributed by atoms with Gasteiger partial charge in [-0.15, -0.1) is 0 Å². The number of carboxylic acid groups (broad SMARTS) is 2. The van der Waals surface area contributed by atoms with Crippen molar-refractivity contribution in [2.75, 3.05) is 20.8 Å². The minimum Gasteiger partial charge on any atom is -0.481 e. The molecule has 1 aliphatic rings. The van der Waals surface area contributed by atoms with Gasteiger partial charge in [-0.1, -0.05) is 187 Å². The first-order valence-corrected chi connectivity index (χ1v) is 25.6. The zero-order chi connectivity index (χ0) is 57.1. The predicted octanol–water partition coefficient (Wildman–Crippen LogP) is 11.0. The molecule has 0 bridgehead atoms. The van der Waals surface area contributed by atoms with Crippen molar-refractivity contribution in [1.82, 2.24) is 16.0 Å². The first-order valence-electron chi connectivity index (χ1n) is 25.6. The maximum Gasteiger partial charge on any atom is 0.328 e. The fourth-order valence-corrected chi connectivity index (χ4v) is 6.72. The number of hydrogen-bond donors (Lipinski definition) is 6. The van der Waals surface area contributed by atoms with Gasteiger partial charge in [0.15, 0.2) is 18.9 Å². The van der Waals surface area contributed by atoms with E-state index in [0.717, 1.165) is 43.1 Å². The summed E-state index contributed by atoms with van der Waals surface area (Å²) in [5, 5.41) is 25.9. The number of aliphatic carboxylic acids is 2. The minimum absolute atomic E-state index is 0. The maximum atomic E-state index is 12.5. The summed E-state index contributed by atoms with van der Waals surface area (Å²) in [4.78, 5) is 67.4. The molecular formula is C60H110N4O13. The van der Waals surface area contributed by atoms with Crippen molar-refractivity contribution in [3.05, 3.63) is 71.8 Å². The first-order chi connectivity index (χ1) is 33.9. The highest BCUT2D eigenvalue weighted by molar-refractivity contribution is 5.90. The average molecular weight is 1100 g/mol. The van der Waals surface area contributed by atoms with E-state index in [1.165, 1.54) is 14.2 Å². The summed E-state index contributed by atoms with van der Waals surface area (Å²) in [5.41, 5.74) is 8.16. The van der Waals surface area contributed by atoms with Crippen LogP contribution in [0.1, 0.15) is 184 Å². The number of carboxylic acids is 2. The van der Waals surface area contributed by atoms with E-state index in [4.69, 9.17) is 34.9 Å². The molecule has 0 aliphatic carbocycles. The van der Waals surface area contributed by atoms with Gasteiger partial charge in [0, 0.05) is 47.1 Å². The van der Waals surface area contributed by atoms with Crippen molar-refractivity contribution in [1.29, 1.82) is 0 Å². The largest absolute Gasteiger partial charge is 0.481 e. The molecule has 77 heavy (non-hydrogen) atoms. The number of amides is 2. The SMILES string of the molecule is C.C.C.CC(C)(C)CC1OC(CC(C)(C)C)OC(CC(C)(C)C)O1.CC(C)(C)CC=O.COC(=O)[C@H](Cc1ccccc1)NC(=O)[C@@H](N)CC(=O)O.CO[C@H](Cc1ccccc1)NC(=O)[C@H](CC(=O)O)NCCC(C)(C)C.[HH]. The van der Waals surface area contributed by atoms with Gasteiger partial charge in [-0.2, -0.15) is 0 Å². The van der Waals surface area contributed by atoms with Crippen molar-refractivity contribution in [2.24, 2.45) is 32.8 Å². The van der Waals surface area contributed by atoms with Gasteiger partial charge in [-0.05, 0) is 51.2 Å². The number of hydrogen-bond acceptors (Lipinski definition) is 13. The van der Waals surface area contributed by atoms with Crippen LogP contribution < -0.4 is 21.7 Å². The Morgan fingerprint density at radius 3 is 1.31 bits per heavy atom. The minimum atomic E-state index is -1.22. The molecule has 0 unspecified atom stereocenters. The van der Waals surface area contributed by atoms with Gasteiger partial charge in [-0.3, -0.25) is 19.2 Å². The van der Waals surface area contributed by atoms with Crippen LogP contribution in [0.4, 0.5) is 0 Å². The number of carbonyl (C=O) groups is 6. The Morgan fingerprint density at radius 1 is 0.597 bits per heavy atom. The summed E-state index contributed by atoms with van der Waals surface area (Å²) >= 11 is 0. The first kappa shape index (κ1) is 78.7. The third-order valence-electron chi connectivity index (χ3n) is 10.6. The van der Waals surface area contributed by atoms with Crippen molar-refractivity contribution in [3.63, 3.8) is 0 Å². The molecular weight excluding hydrogens is 985 g/mol. The fraction of sp³-hybridized carbons (Fsp3) is 0.700. The zero-order valence-electron chi connectivity index (χ0n) is 47.9. The standard InChI is InChI=1S/C19H30N2O4.C18H36O3.C14H18N2O5.C6H12O.3CH4.H2/c1-19(2,3)10-11-20-15(13-17(22)23)18(24)21-16(25-4)12-14-8-6-5-7-9-14;1-16(2,3)10-13-19-14(11-17(4,5)6)21-15(20-13)12-18(7,8)9;1-21-14(20)11(7-9-5-3-2-4-6-9)16-13(19)10(15)8-12(17)18;1-6(2,3)4-5-7;;;;/h5-9,15-16,20H,10-13H2,1-4H3,(H,21,24)(H,22,23);13-15H,10-12H2,1-9H3;2-6,10-11H,7-8,15H2,1H3,(H,16,19)(H,17,18);5H,4H2,1-3H3;3*1H4;1H/t15-,16+;;10-,11-;;;;;/m0.0...../s1. The molecule has 0 aromatic heterocycles. The summed E-state index contributed by atoms with van der Waals surface area (Å²) in [5.74, 6) is -3.88. The molecule has 1 heterocycles. The van der Waals surface area contributed by atoms with Gasteiger partial charge in [0.05, 0.1) is 32.0 Å². The van der Waals surface area contributed by atoms with Crippen LogP contribution in [0.2, 0.25) is 0 Å². The summed E-state index contributed by atoms with van der Waals surface area (Å²) < 4.78 is 28.1. The molecule has 17 heteroatoms. The van der Waals surface area contributed by atoms with E-state index in [2.05, 4.69) is 104 Å². The lowest BCUT2D eigenvalue weighted by molar-refractivity contribution is -0.395. The Morgan fingerprint density at radius 2 is 1.00 bits per heavy atom. The maximum absolute atomic E-state index is 12.5. The Kier molecular flexibility index (Phi) is 38.8. The monoisotopic (exact) mass is 1090 g/mol. The molecule has 1 saturated heterocycles. The fourth-order valence-electron chi connectivity index (χ4n) is 6.72. The lowest BCUT2D eigenvalue weighted by Gasteiger charge is -2.41. The van der Waals surface area contributed by atoms with E-state index in [0.29, 0.717) is 19.4 Å². The number of methoxy groups -OCH3 is 2. The molecule has 1 fully saturated rings. The number of ether oxygens (including phenoxy) is 5. The third-order valence-corrected chi connectivity index (χ3v) is 10.6. The van der Waals surface area contributed by atoms with Crippen molar-refractivity contribution in [2.45, 2.75) is 227 Å². The van der Waals surface area contributed by atoms with Crippen molar-refractivity contribution < 1.29 is 64.1 Å². The van der Waals surface area contributed by atoms with E-state index < -0.39 is 54.6 Å². The molecule has 2 aromatic rings. The van der Waals surface area contributed by atoms with E-state index in [9.17, 15) is 28.8 Å². The molecule has 2 aromatic carbocycles. The summed E-state index contributed by atoms with van der Waals surface area (Å²) in [6.07, 6.45) is 4.09. The number of benzene rings is 2. The van der Waals surface area contributed by atoms with E-state index >= 15 is 0 Å². The van der Waals surface area contributed by atoms with Gasteiger partial charge in [0.1, 0.15) is 18.6 Å². The summed E-state index contributed by atoms with van der Waals surface area (Å²) in [6, 6.07) is 15.8. The predicted molar refractivity (Wildman–Crippen MR) is 311 cm³/mol. The molecule has 0 saturated carbocycles. The molecule has 1 aliphatic heterocycles. The lowest BCUT2D eigenvalue weighted by Crippen LogP contribution is -2.50. The van der Waals surface area contributed by atoms with E-state index in [1.807, 2.05) is 69.3 Å². The highest BCUT2D eigenvalue weighted by Crippen LogP contribution is 2.35. The van der Waals surface area contributed by atoms with Crippen LogP contribution in [0, 0.1) is 27.1 Å². The van der Waals surface area contributed by atoms with Gasteiger partial charge in [0.25, 0.3) is 0 Å². The smallest absolute Gasteiger partial charge is 0.328 e. The van der Waals surface area contributed by atoms with Crippen LogP contribution in [0.3, 0.4) is 0 Å². The average Bonchev–Trinajstić information content (AvgIpc) is 3.23. The van der Waals surface area contributed by atoms with Crippen molar-refractivity contribution >= 4 is 36.0 Å². The number of aldehydes is 1. The van der Waals surface area contributed by atoms with Gasteiger partial charge < -0.3 is 60.4 Å². The number of nitrogens with one attached hydrogen (secondary N) is 3. The molecule has 0 radical (unpaired) electrons. The molecule has 17 nitrogen and oxygen atoms in total. The molecule has 4 atom stereocenters. The molecule has 3 rings (SSSR count). The Hall–Kier alpha value is -4.78. The second kappa shape index (κ2) is 37.9. The Bertz CT molecular complexity index is 1880. The number of rotatable bonds is 21. The molecule has 2 amide bonds. The van der Waals surface area contributed by atoms with Gasteiger partial charge in [0.2, 0.25) is 11.8 Å². The zero-order valence-corrected chi connectivity index (χ0v) is 47.9. The Balaban J connectivity index is -0.000000315. The van der Waals surface area contributed by atoms with Crippen LogP contribution in [0.15, 0.2) is 60.7 Å². The number of esters is 1. The summed E-state index contributed by atoms with van der Waals surface area (Å²) in [7, 11) is 2.73. The number of nitrogens with two attached hydrogens (primary N) is 1. The normalized spacial score (nSPS) is 16.9. The molecule has 448 valence electrons. The van der Waals surface area contributed by atoms with Gasteiger partial charge >= 0.3 is 17.9 Å². The molecule has 0 spiro atoms. The van der Waals surface area contributed by atoms with E-state index in [1.54, 1.807) is 12.1 Å². The number of carbonyl (C=O) groups excluding carboxylic acids is 4. The second-order valence-electron chi connectivity index (χ2n) is 24.7. The quantitative estimate of drug-likeness (QED) is 0.0386. The van der Waals surface area contributed by atoms with Crippen molar-refractivity contribution in [3.8, 4) is 0 Å². The van der Waals surface area contributed by atoms with Crippen LogP contribution in [-0.2, 0) is 65.3 Å². The van der Waals surface area contributed by atoms with Crippen LogP contribution in [0.5, 0.6) is 0 Å². The van der Waals surface area contributed by atoms with Crippen LogP contribution in [-0.4, -0.2) is 110 Å². The second-order valence-corrected chi connectivity index (χ2v) is 24.7. The van der Waals surface area contributed by atoms with Crippen LogP contribution in [0.25, 0.3) is 0 Å². The molecule has 7 N–H and O–H groups in total.